The summed E-state index contributed by atoms with van der Waals surface area (Å²) in [4.78, 5) is 11.2. The minimum atomic E-state index is -0.908. The van der Waals surface area contributed by atoms with E-state index in [4.69, 9.17) is 0 Å². The first-order valence-corrected chi connectivity index (χ1v) is 5.87. The normalized spacial score (nSPS) is 15.6. The zero-order valence-corrected chi connectivity index (χ0v) is 9.91. The molecule has 1 aliphatic carbocycles. The summed E-state index contributed by atoms with van der Waals surface area (Å²) < 4.78 is 0.742. The number of fused-ring (bicyclic) bond motifs is 1. The van der Waals surface area contributed by atoms with E-state index in [1.165, 1.54) is 0 Å². The van der Waals surface area contributed by atoms with E-state index in [9.17, 15) is 9.90 Å². The maximum absolute atomic E-state index is 11.2. The van der Waals surface area contributed by atoms with Crippen LogP contribution < -0.4 is 0 Å². The number of nitrogens with one attached hydrogen (secondary N) is 1. The highest BCUT2D eigenvalue weighted by Gasteiger charge is 2.29. The van der Waals surface area contributed by atoms with Crippen LogP contribution in [0.5, 0.6) is 0 Å². The summed E-state index contributed by atoms with van der Waals surface area (Å²) in [5, 5.41) is 17.1. The van der Waals surface area contributed by atoms with Crippen LogP contribution in [0.1, 0.15) is 34.8 Å². The molecule has 0 spiro atoms. The second kappa shape index (κ2) is 3.31. The molecule has 0 amide bonds. The first-order chi connectivity index (χ1) is 7.66. The molecule has 0 unspecified atom stereocenters. The van der Waals surface area contributed by atoms with Crippen molar-refractivity contribution in [2.45, 2.75) is 18.8 Å². The predicted octanol–water partition coefficient (Wildman–Crippen LogP) is 2.90. The van der Waals surface area contributed by atoms with Gasteiger partial charge in [0.15, 0.2) is 0 Å². The van der Waals surface area contributed by atoms with E-state index in [-0.39, 0.29) is 0 Å². The maximum atomic E-state index is 11.2. The number of aromatic carboxylic acids is 1. The molecule has 1 aromatic heterocycles. The number of nitrogens with zero attached hydrogens (tertiary/aromatic N) is 1. The average Bonchev–Trinajstić information content (AvgIpc) is 2.98. The Labute approximate surface area is 99.8 Å². The number of H-pyrrole nitrogens is 1. The summed E-state index contributed by atoms with van der Waals surface area (Å²) in [6.45, 7) is 0. The van der Waals surface area contributed by atoms with E-state index in [1.54, 1.807) is 6.07 Å². The Balaban J connectivity index is 2.35. The third-order valence-electron chi connectivity index (χ3n) is 2.86. The van der Waals surface area contributed by atoms with Gasteiger partial charge < -0.3 is 5.11 Å². The lowest BCUT2D eigenvalue weighted by atomic mass is 10.1. The topological polar surface area (TPSA) is 66.0 Å². The third kappa shape index (κ3) is 1.43. The molecule has 0 atom stereocenters. The Morgan fingerprint density at radius 2 is 2.25 bits per heavy atom. The van der Waals surface area contributed by atoms with Crippen molar-refractivity contribution in [2.75, 3.05) is 0 Å². The smallest absolute Gasteiger partial charge is 0.336 e. The highest BCUT2D eigenvalue weighted by atomic mass is 79.9. The lowest BCUT2D eigenvalue weighted by Crippen LogP contribution is -1.98. The number of carbonyl (C=O) groups is 1. The minimum Gasteiger partial charge on any atom is -0.478 e. The summed E-state index contributed by atoms with van der Waals surface area (Å²) in [5.74, 6) is -0.445. The number of benzene rings is 1. The number of aromatic amines is 1. The zero-order valence-electron chi connectivity index (χ0n) is 8.33. The third-order valence-corrected chi connectivity index (χ3v) is 3.32. The Bertz CT molecular complexity index is 587. The van der Waals surface area contributed by atoms with Gasteiger partial charge in [-0.3, -0.25) is 5.10 Å². The molecule has 2 aromatic rings. The van der Waals surface area contributed by atoms with Gasteiger partial charge in [-0.2, -0.15) is 5.10 Å². The van der Waals surface area contributed by atoms with Crippen molar-refractivity contribution in [3.05, 3.63) is 27.9 Å². The Morgan fingerprint density at radius 1 is 1.50 bits per heavy atom. The summed E-state index contributed by atoms with van der Waals surface area (Å²) >= 11 is 3.30. The molecule has 1 heterocycles. The number of carboxylic acid groups (broad SMARTS) is 1. The molecule has 0 aliphatic heterocycles. The summed E-state index contributed by atoms with van der Waals surface area (Å²) in [7, 11) is 0. The van der Waals surface area contributed by atoms with Gasteiger partial charge in [0.2, 0.25) is 0 Å². The molecule has 1 aromatic carbocycles. The van der Waals surface area contributed by atoms with Crippen molar-refractivity contribution in [3.8, 4) is 0 Å². The minimum absolute atomic E-state index is 0.319. The van der Waals surface area contributed by atoms with E-state index in [1.807, 2.05) is 6.07 Å². The first-order valence-electron chi connectivity index (χ1n) is 5.07. The van der Waals surface area contributed by atoms with Gasteiger partial charge >= 0.3 is 5.97 Å². The van der Waals surface area contributed by atoms with Gasteiger partial charge in [-0.25, -0.2) is 4.79 Å². The van der Waals surface area contributed by atoms with Gasteiger partial charge in [0.25, 0.3) is 0 Å². The molecule has 4 nitrogen and oxygen atoms in total. The average molecular weight is 281 g/mol. The quantitative estimate of drug-likeness (QED) is 0.889. The number of hydrogen-bond donors (Lipinski definition) is 2. The van der Waals surface area contributed by atoms with E-state index < -0.39 is 5.97 Å². The van der Waals surface area contributed by atoms with E-state index in [2.05, 4.69) is 26.1 Å². The van der Waals surface area contributed by atoms with Gasteiger partial charge in [-0.05, 0) is 25.0 Å². The monoisotopic (exact) mass is 280 g/mol. The first kappa shape index (κ1) is 9.84. The van der Waals surface area contributed by atoms with Crippen molar-refractivity contribution in [1.29, 1.82) is 0 Å². The van der Waals surface area contributed by atoms with Crippen LogP contribution in [0.3, 0.4) is 0 Å². The molecule has 0 saturated heterocycles. The SMILES string of the molecule is O=C(O)c1cc(Br)cc2n[nH]c(C3CC3)c12. The largest absolute Gasteiger partial charge is 0.478 e. The van der Waals surface area contributed by atoms with Crippen LogP contribution in [0.2, 0.25) is 0 Å². The molecule has 0 radical (unpaired) electrons. The molecule has 16 heavy (non-hydrogen) atoms. The molecule has 1 aliphatic rings. The van der Waals surface area contributed by atoms with Crippen molar-refractivity contribution in [2.24, 2.45) is 0 Å². The highest BCUT2D eigenvalue weighted by Crippen LogP contribution is 2.43. The second-order valence-electron chi connectivity index (χ2n) is 4.06. The lowest BCUT2D eigenvalue weighted by Gasteiger charge is -2.00. The van der Waals surface area contributed by atoms with Gasteiger partial charge in [0.05, 0.1) is 11.1 Å². The second-order valence-corrected chi connectivity index (χ2v) is 4.98. The number of halogens is 1. The van der Waals surface area contributed by atoms with Crippen LogP contribution in [0, 0.1) is 0 Å². The number of hydrogen-bond acceptors (Lipinski definition) is 2. The summed E-state index contributed by atoms with van der Waals surface area (Å²) in [6.07, 6.45) is 2.23. The molecule has 3 rings (SSSR count). The van der Waals surface area contributed by atoms with Crippen LogP contribution >= 0.6 is 15.9 Å². The van der Waals surface area contributed by atoms with E-state index >= 15 is 0 Å². The van der Waals surface area contributed by atoms with Crippen LogP contribution in [0.4, 0.5) is 0 Å². The molecule has 82 valence electrons. The predicted molar refractivity (Wildman–Crippen MR) is 62.7 cm³/mol. The standard InChI is InChI=1S/C11H9BrN2O2/c12-6-3-7(11(15)16)9-8(4-6)13-14-10(9)5-1-2-5/h3-5H,1-2H2,(H,13,14)(H,15,16). The van der Waals surface area contributed by atoms with Crippen LogP contribution in [0.15, 0.2) is 16.6 Å². The molecular formula is C11H9BrN2O2. The molecule has 2 N–H and O–H groups in total. The molecule has 0 bridgehead atoms. The Hall–Kier alpha value is -1.36. The summed E-state index contributed by atoms with van der Waals surface area (Å²) in [5.41, 5.74) is 2.01. The van der Waals surface area contributed by atoms with Crippen molar-refractivity contribution in [1.82, 2.24) is 10.2 Å². The van der Waals surface area contributed by atoms with E-state index in [0.717, 1.165) is 28.4 Å². The fraction of sp³-hybridized carbons (Fsp3) is 0.273. The van der Waals surface area contributed by atoms with Crippen molar-refractivity contribution in [3.63, 3.8) is 0 Å². The van der Waals surface area contributed by atoms with Crippen LogP contribution in [-0.4, -0.2) is 21.3 Å². The van der Waals surface area contributed by atoms with Gasteiger partial charge in [0.1, 0.15) is 0 Å². The lowest BCUT2D eigenvalue weighted by molar-refractivity contribution is 0.0699. The number of aromatic nitrogens is 2. The number of rotatable bonds is 2. The molecule has 1 fully saturated rings. The fourth-order valence-corrected chi connectivity index (χ4v) is 2.42. The zero-order chi connectivity index (χ0) is 11.3. The Morgan fingerprint density at radius 3 is 2.88 bits per heavy atom. The van der Waals surface area contributed by atoms with Crippen LogP contribution in [-0.2, 0) is 0 Å². The fourth-order valence-electron chi connectivity index (χ4n) is 1.98. The van der Waals surface area contributed by atoms with Crippen molar-refractivity contribution < 1.29 is 9.90 Å². The highest BCUT2D eigenvalue weighted by molar-refractivity contribution is 9.10. The van der Waals surface area contributed by atoms with Gasteiger partial charge in [0, 0.05) is 21.5 Å². The number of carboxylic acids is 1. The van der Waals surface area contributed by atoms with Crippen molar-refractivity contribution >= 4 is 32.8 Å². The summed E-state index contributed by atoms with van der Waals surface area (Å²) in [6, 6.07) is 3.47. The van der Waals surface area contributed by atoms with Gasteiger partial charge in [-0.15, -0.1) is 0 Å². The molecule has 1 saturated carbocycles. The van der Waals surface area contributed by atoms with Gasteiger partial charge in [-0.1, -0.05) is 15.9 Å². The maximum Gasteiger partial charge on any atom is 0.336 e. The molecule has 5 heteroatoms. The Kier molecular flexibility index (Phi) is 2.04. The molecular weight excluding hydrogens is 272 g/mol. The van der Waals surface area contributed by atoms with E-state index in [0.29, 0.717) is 17.0 Å². The van der Waals surface area contributed by atoms with Crippen LogP contribution in [0.25, 0.3) is 10.9 Å².